The highest BCUT2D eigenvalue weighted by molar-refractivity contribution is 8.26. The van der Waals surface area contributed by atoms with Crippen molar-refractivity contribution in [3.63, 3.8) is 0 Å². The van der Waals surface area contributed by atoms with Crippen LogP contribution in [0, 0.1) is 0 Å². The third kappa shape index (κ3) is 1.70. The predicted molar refractivity (Wildman–Crippen MR) is 110 cm³/mol. The van der Waals surface area contributed by atoms with Gasteiger partial charge in [0, 0.05) is 16.0 Å². The minimum Gasteiger partial charge on any atom is -0.456 e. The summed E-state index contributed by atoms with van der Waals surface area (Å²) in [5.74, 6) is 3.41. The maximum atomic E-state index is 6.47. The van der Waals surface area contributed by atoms with E-state index in [4.69, 9.17) is 21.3 Å². The number of fused-ring (bicyclic) bond motifs is 6. The minimum absolute atomic E-state index is 0.829. The molecule has 0 fully saturated rings. The van der Waals surface area contributed by atoms with Crippen LogP contribution in [0.15, 0.2) is 78.9 Å². The smallest absolute Gasteiger partial charge is 0.148 e. The van der Waals surface area contributed by atoms with E-state index < -0.39 is 6.04 Å². The Morgan fingerprint density at radius 3 is 2.04 bits per heavy atom. The molecule has 0 amide bonds. The van der Waals surface area contributed by atoms with E-state index in [1.165, 1.54) is 0 Å². The molecule has 0 saturated carbocycles. The molecule has 4 aromatic rings. The molecule has 1 unspecified atom stereocenters. The zero-order chi connectivity index (χ0) is 17.3. The van der Waals surface area contributed by atoms with Crippen LogP contribution in [0.2, 0.25) is 0 Å². The largest absolute Gasteiger partial charge is 0.456 e. The standard InChI is InChI=1S/C22H13O2PS/c26-25-19-11-5-3-9-16(19)23-18-13-14-7-1-2-8-15(14)21(22(18)25)24-17-10-4-6-12-20(17)25/h1-13H. The van der Waals surface area contributed by atoms with Crippen molar-refractivity contribution >= 4 is 44.5 Å². The van der Waals surface area contributed by atoms with Gasteiger partial charge in [0.2, 0.25) is 0 Å². The average molecular weight is 372 g/mol. The Kier molecular flexibility index (Phi) is 2.78. The van der Waals surface area contributed by atoms with Crippen molar-refractivity contribution in [1.29, 1.82) is 0 Å². The van der Waals surface area contributed by atoms with Gasteiger partial charge in [-0.1, -0.05) is 60.3 Å². The summed E-state index contributed by atoms with van der Waals surface area (Å²) < 4.78 is 12.7. The van der Waals surface area contributed by atoms with E-state index in [2.05, 4.69) is 30.3 Å². The number of rotatable bonds is 0. The first-order valence-electron chi connectivity index (χ1n) is 8.48. The molecule has 0 saturated heterocycles. The predicted octanol–water partition coefficient (Wildman–Crippen LogP) is 4.81. The second-order valence-electron chi connectivity index (χ2n) is 6.52. The van der Waals surface area contributed by atoms with Gasteiger partial charge in [0.05, 0.1) is 11.3 Å². The van der Waals surface area contributed by atoms with Gasteiger partial charge in [0.25, 0.3) is 0 Å². The molecule has 2 aliphatic heterocycles. The third-order valence-electron chi connectivity index (χ3n) is 5.10. The van der Waals surface area contributed by atoms with Crippen molar-refractivity contribution in [3.8, 4) is 23.0 Å². The zero-order valence-electron chi connectivity index (χ0n) is 13.7. The van der Waals surface area contributed by atoms with E-state index in [0.29, 0.717) is 0 Å². The SMILES string of the molecule is S=P12c3ccccc3Oc3cc4ccccc4c(c31)Oc1ccccc12. The van der Waals surface area contributed by atoms with Crippen LogP contribution in [0.1, 0.15) is 0 Å². The summed E-state index contributed by atoms with van der Waals surface area (Å²) in [4.78, 5) is 0. The summed E-state index contributed by atoms with van der Waals surface area (Å²) in [5, 5.41) is 5.44. The van der Waals surface area contributed by atoms with Crippen LogP contribution < -0.4 is 25.4 Å². The molecule has 0 aromatic heterocycles. The van der Waals surface area contributed by atoms with Crippen LogP contribution in [0.4, 0.5) is 0 Å². The van der Waals surface area contributed by atoms with Crippen molar-refractivity contribution in [2.75, 3.05) is 0 Å². The molecule has 4 heteroatoms. The molecule has 0 aliphatic carbocycles. The lowest BCUT2D eigenvalue weighted by Gasteiger charge is -2.37. The normalized spacial score (nSPS) is 18.9. The van der Waals surface area contributed by atoms with Gasteiger partial charge < -0.3 is 9.47 Å². The molecular formula is C22H13O2PS. The van der Waals surface area contributed by atoms with E-state index in [1.54, 1.807) is 0 Å². The topological polar surface area (TPSA) is 18.5 Å². The van der Waals surface area contributed by atoms with Crippen LogP contribution >= 0.6 is 6.04 Å². The number of para-hydroxylation sites is 2. The van der Waals surface area contributed by atoms with Gasteiger partial charge in [-0.05, 0) is 35.7 Å². The van der Waals surface area contributed by atoms with Crippen LogP contribution in [0.3, 0.4) is 0 Å². The molecule has 124 valence electrons. The van der Waals surface area contributed by atoms with Crippen molar-refractivity contribution in [1.82, 2.24) is 0 Å². The van der Waals surface area contributed by atoms with Crippen LogP contribution in [-0.2, 0) is 11.8 Å². The molecule has 2 nitrogen and oxygen atoms in total. The Morgan fingerprint density at radius 1 is 0.654 bits per heavy atom. The molecule has 0 bridgehead atoms. The third-order valence-corrected chi connectivity index (χ3v) is 9.97. The van der Waals surface area contributed by atoms with Crippen LogP contribution in [0.5, 0.6) is 23.0 Å². The molecule has 6 rings (SSSR count). The van der Waals surface area contributed by atoms with Gasteiger partial charge in [-0.25, -0.2) is 0 Å². The highest BCUT2D eigenvalue weighted by Gasteiger charge is 2.43. The molecule has 0 N–H and O–H groups in total. The fourth-order valence-electron chi connectivity index (χ4n) is 3.96. The molecule has 2 heterocycles. The molecule has 4 aromatic carbocycles. The molecule has 0 spiro atoms. The fourth-order valence-corrected chi connectivity index (χ4v) is 8.46. The molecular weight excluding hydrogens is 359 g/mol. The van der Waals surface area contributed by atoms with E-state index in [-0.39, 0.29) is 0 Å². The number of hydrogen-bond acceptors (Lipinski definition) is 3. The van der Waals surface area contributed by atoms with Gasteiger partial charge >= 0.3 is 0 Å². The average Bonchev–Trinajstić information content (AvgIpc) is 2.68. The summed E-state index contributed by atoms with van der Waals surface area (Å²) in [5.41, 5.74) is 0. The number of benzene rings is 4. The highest BCUT2D eigenvalue weighted by Crippen LogP contribution is 2.59. The van der Waals surface area contributed by atoms with E-state index in [1.807, 2.05) is 48.5 Å². The summed E-state index contributed by atoms with van der Waals surface area (Å²) in [7, 11) is 0. The van der Waals surface area contributed by atoms with E-state index in [0.717, 1.165) is 49.7 Å². The van der Waals surface area contributed by atoms with Crippen molar-refractivity contribution in [2.45, 2.75) is 0 Å². The zero-order valence-corrected chi connectivity index (χ0v) is 15.4. The van der Waals surface area contributed by atoms with Crippen molar-refractivity contribution in [3.05, 3.63) is 78.9 Å². The first-order chi connectivity index (χ1) is 12.8. The maximum absolute atomic E-state index is 6.47. The lowest BCUT2D eigenvalue weighted by Crippen LogP contribution is -2.34. The Balaban J connectivity index is 1.84. The van der Waals surface area contributed by atoms with Crippen LogP contribution in [-0.4, -0.2) is 0 Å². The van der Waals surface area contributed by atoms with Crippen molar-refractivity contribution < 1.29 is 9.47 Å². The van der Waals surface area contributed by atoms with Gasteiger partial charge in [-0.15, -0.1) is 0 Å². The lowest BCUT2D eigenvalue weighted by molar-refractivity contribution is 0.470. The maximum Gasteiger partial charge on any atom is 0.148 e. The van der Waals surface area contributed by atoms with Crippen LogP contribution in [0.25, 0.3) is 10.8 Å². The summed E-state index contributed by atoms with van der Waals surface area (Å²) in [6, 6.07) is 24.5. The molecule has 0 radical (unpaired) electrons. The Hall–Kier alpha value is -2.61. The Bertz CT molecular complexity index is 1260. The number of hydrogen-bond donors (Lipinski definition) is 0. The molecule has 1 atom stereocenters. The van der Waals surface area contributed by atoms with Crippen molar-refractivity contribution in [2.24, 2.45) is 0 Å². The summed E-state index contributed by atoms with van der Waals surface area (Å²) >= 11 is 6.47. The summed E-state index contributed by atoms with van der Waals surface area (Å²) in [6.45, 7) is 0. The number of ether oxygens (including phenoxy) is 2. The first kappa shape index (κ1) is 14.5. The Labute approximate surface area is 156 Å². The minimum atomic E-state index is -2.24. The van der Waals surface area contributed by atoms with Gasteiger partial charge in [-0.3, -0.25) is 0 Å². The summed E-state index contributed by atoms with van der Waals surface area (Å²) in [6.07, 6.45) is 0. The van der Waals surface area contributed by atoms with E-state index >= 15 is 0 Å². The monoisotopic (exact) mass is 372 g/mol. The molecule has 2 aliphatic rings. The van der Waals surface area contributed by atoms with Gasteiger partial charge in [-0.2, -0.15) is 0 Å². The fraction of sp³-hybridized carbons (Fsp3) is 0. The highest BCUT2D eigenvalue weighted by atomic mass is 32.4. The molecule has 26 heavy (non-hydrogen) atoms. The Morgan fingerprint density at radius 2 is 1.27 bits per heavy atom. The first-order valence-corrected chi connectivity index (χ1v) is 11.3. The van der Waals surface area contributed by atoms with Gasteiger partial charge in [0.15, 0.2) is 0 Å². The lowest BCUT2D eigenvalue weighted by atomic mass is 10.1. The second-order valence-corrected chi connectivity index (χ2v) is 10.8. The second kappa shape index (κ2) is 4.97. The quantitative estimate of drug-likeness (QED) is 0.357. The van der Waals surface area contributed by atoms with Gasteiger partial charge in [0.1, 0.15) is 23.0 Å². The van der Waals surface area contributed by atoms with E-state index in [9.17, 15) is 0 Å².